The van der Waals surface area contributed by atoms with Crippen molar-refractivity contribution in [3.05, 3.63) is 118 Å². The summed E-state index contributed by atoms with van der Waals surface area (Å²) in [5.74, 6) is 1.30. The molecule has 3 saturated heterocycles. The standard InChI is InChI=1S/C45H46N4O6/c50-32-11-13-35-30(22-32)8-12-34(28-4-2-1-3-5-28)41(35)29-6-9-31(10-7-29)48-20-18-45(19-21-48)26-47(27-45)23-33-25-54-42-37-24-49(38-15-17-40(51)46-43(38)52)44(53)36(37)14-16-39(42)55-33/h1-7,9-11,13-14,16,22,33-34,38,41,50H,8,12,15,17-21,23-27H2,(H,46,51,52)/t33-,34+,38-,41-/m0/s1. The molecule has 4 atom stereocenters. The molecule has 4 aromatic rings. The summed E-state index contributed by atoms with van der Waals surface area (Å²) in [5, 5.41) is 12.6. The van der Waals surface area contributed by atoms with Crippen molar-refractivity contribution in [2.45, 2.75) is 69.1 Å². The van der Waals surface area contributed by atoms with Crippen LogP contribution in [0.3, 0.4) is 0 Å². The fraction of sp³-hybridized carbons (Fsp3) is 0.400. The Morgan fingerprint density at radius 2 is 1.65 bits per heavy atom. The number of benzene rings is 4. The highest BCUT2D eigenvalue weighted by Gasteiger charge is 2.46. The van der Waals surface area contributed by atoms with Crippen molar-refractivity contribution in [3.8, 4) is 17.2 Å². The molecule has 10 rings (SSSR count). The summed E-state index contributed by atoms with van der Waals surface area (Å²) in [6.07, 6.45) is 4.80. The van der Waals surface area contributed by atoms with Crippen molar-refractivity contribution in [2.75, 3.05) is 44.2 Å². The number of aryl methyl sites for hydroxylation is 1. The minimum atomic E-state index is -0.660. The van der Waals surface area contributed by atoms with Crippen LogP contribution >= 0.6 is 0 Å². The Labute approximate surface area is 321 Å². The zero-order valence-electron chi connectivity index (χ0n) is 30.9. The van der Waals surface area contributed by atoms with Gasteiger partial charge < -0.3 is 24.4 Å². The molecule has 282 valence electrons. The van der Waals surface area contributed by atoms with Gasteiger partial charge in [-0.2, -0.15) is 0 Å². The highest BCUT2D eigenvalue weighted by atomic mass is 16.6. The maximum absolute atomic E-state index is 13.2. The van der Waals surface area contributed by atoms with Gasteiger partial charge in [0.05, 0.1) is 6.54 Å². The van der Waals surface area contributed by atoms with Crippen LogP contribution in [0.2, 0.25) is 0 Å². The number of imide groups is 1. The fourth-order valence-corrected chi connectivity index (χ4v) is 10.4. The second kappa shape index (κ2) is 13.4. The number of carbonyl (C=O) groups is 3. The van der Waals surface area contributed by atoms with E-state index in [1.54, 1.807) is 11.0 Å². The maximum atomic E-state index is 13.2. The van der Waals surface area contributed by atoms with Crippen LogP contribution < -0.4 is 19.7 Å². The number of phenols is 1. The Morgan fingerprint density at radius 1 is 0.855 bits per heavy atom. The third kappa shape index (κ3) is 6.11. The lowest BCUT2D eigenvalue weighted by Crippen LogP contribution is -2.62. The average Bonchev–Trinajstić information content (AvgIpc) is 3.53. The number of phenolic OH excluding ortho intramolecular Hbond substituents is 1. The molecule has 2 N–H and O–H groups in total. The molecule has 3 fully saturated rings. The molecule has 3 amide bonds. The average molecular weight is 739 g/mol. The molecule has 0 radical (unpaired) electrons. The number of nitrogens with zero attached hydrogens (tertiary/aromatic N) is 3. The van der Waals surface area contributed by atoms with Gasteiger partial charge in [0.15, 0.2) is 11.5 Å². The molecule has 5 heterocycles. The number of fused-ring (bicyclic) bond motifs is 4. The molecule has 0 unspecified atom stereocenters. The predicted octanol–water partition coefficient (Wildman–Crippen LogP) is 5.76. The highest BCUT2D eigenvalue weighted by molar-refractivity contribution is 6.05. The first-order valence-corrected chi connectivity index (χ1v) is 19.8. The van der Waals surface area contributed by atoms with Crippen molar-refractivity contribution in [1.82, 2.24) is 15.1 Å². The number of likely N-dealkylation sites (tertiary alicyclic amines) is 1. The van der Waals surface area contributed by atoms with Crippen LogP contribution in [0.15, 0.2) is 84.9 Å². The Morgan fingerprint density at radius 3 is 2.44 bits per heavy atom. The predicted molar refractivity (Wildman–Crippen MR) is 207 cm³/mol. The van der Waals surface area contributed by atoms with Crippen molar-refractivity contribution in [1.29, 1.82) is 0 Å². The molecule has 55 heavy (non-hydrogen) atoms. The van der Waals surface area contributed by atoms with Crippen molar-refractivity contribution in [2.24, 2.45) is 5.41 Å². The molecular formula is C45H46N4O6. The van der Waals surface area contributed by atoms with Crippen LogP contribution in [0.1, 0.15) is 82.1 Å². The Kier molecular flexibility index (Phi) is 8.35. The summed E-state index contributed by atoms with van der Waals surface area (Å²) in [5.41, 5.74) is 8.20. The first kappa shape index (κ1) is 34.2. The molecule has 4 aromatic carbocycles. The van der Waals surface area contributed by atoms with Crippen molar-refractivity contribution < 1.29 is 29.0 Å². The van der Waals surface area contributed by atoms with Crippen LogP contribution in [-0.2, 0) is 22.6 Å². The molecule has 0 aromatic heterocycles. The van der Waals surface area contributed by atoms with Gasteiger partial charge in [-0.3, -0.25) is 24.6 Å². The first-order chi connectivity index (χ1) is 26.8. The van der Waals surface area contributed by atoms with E-state index in [0.717, 1.165) is 64.0 Å². The molecule has 10 nitrogen and oxygen atoms in total. The summed E-state index contributed by atoms with van der Waals surface area (Å²) in [6, 6.07) is 29.0. The van der Waals surface area contributed by atoms with Gasteiger partial charge in [-0.1, -0.05) is 48.5 Å². The summed E-state index contributed by atoms with van der Waals surface area (Å²) < 4.78 is 12.7. The molecule has 6 aliphatic rings. The largest absolute Gasteiger partial charge is 0.508 e. The molecule has 10 heteroatoms. The monoisotopic (exact) mass is 738 g/mol. The number of piperidine rings is 2. The lowest BCUT2D eigenvalue weighted by atomic mass is 9.69. The minimum Gasteiger partial charge on any atom is -0.508 e. The van der Waals surface area contributed by atoms with Gasteiger partial charge >= 0.3 is 0 Å². The van der Waals surface area contributed by atoms with Gasteiger partial charge in [0.2, 0.25) is 11.8 Å². The molecule has 1 spiro atoms. The number of anilines is 1. The van der Waals surface area contributed by atoms with Gasteiger partial charge in [0.25, 0.3) is 5.91 Å². The molecule has 1 aliphatic carbocycles. The SMILES string of the molecule is O=C1CC[C@H](N2Cc3c(ccc4c3OC[C@H](CN3CC5(CCN(c6ccc([C@@H]7c8ccc(O)cc8CC[C@@H]7c7ccccc7)cc6)CC5)C3)O4)C2=O)C(=O)N1. The van der Waals surface area contributed by atoms with Crippen LogP contribution in [0.25, 0.3) is 0 Å². The number of amides is 3. The molecule has 0 bridgehead atoms. The maximum Gasteiger partial charge on any atom is 0.255 e. The summed E-state index contributed by atoms with van der Waals surface area (Å²) in [7, 11) is 0. The number of aromatic hydroxyl groups is 1. The van der Waals surface area contributed by atoms with Crippen LogP contribution in [-0.4, -0.2) is 84.1 Å². The van der Waals surface area contributed by atoms with Crippen LogP contribution in [0.4, 0.5) is 5.69 Å². The number of carbonyl (C=O) groups excluding carboxylic acids is 3. The van der Waals surface area contributed by atoms with Gasteiger partial charge in [-0.15, -0.1) is 0 Å². The Balaban J connectivity index is 0.746. The van der Waals surface area contributed by atoms with E-state index in [1.807, 2.05) is 18.2 Å². The normalized spacial score (nSPS) is 25.6. The Hall–Kier alpha value is -5.35. The third-order valence-electron chi connectivity index (χ3n) is 13.2. The Bertz CT molecular complexity index is 2160. The van der Waals surface area contributed by atoms with E-state index in [4.69, 9.17) is 9.47 Å². The van der Waals surface area contributed by atoms with Crippen LogP contribution in [0, 0.1) is 5.41 Å². The van der Waals surface area contributed by atoms with E-state index in [9.17, 15) is 19.5 Å². The lowest BCUT2D eigenvalue weighted by Gasteiger charge is -2.55. The number of rotatable bonds is 6. The summed E-state index contributed by atoms with van der Waals surface area (Å²) in [6.45, 7) is 5.67. The van der Waals surface area contributed by atoms with Gasteiger partial charge in [0.1, 0.15) is 24.5 Å². The van der Waals surface area contributed by atoms with E-state index in [0.29, 0.717) is 47.2 Å². The van der Waals surface area contributed by atoms with E-state index in [2.05, 4.69) is 75.8 Å². The van der Waals surface area contributed by atoms with Crippen molar-refractivity contribution >= 4 is 23.4 Å². The quantitative estimate of drug-likeness (QED) is 0.241. The summed E-state index contributed by atoms with van der Waals surface area (Å²) >= 11 is 0. The van der Waals surface area contributed by atoms with E-state index >= 15 is 0 Å². The van der Waals surface area contributed by atoms with E-state index in [1.165, 1.54) is 27.9 Å². The highest BCUT2D eigenvalue weighted by Crippen LogP contribution is 2.48. The number of hydrogen-bond acceptors (Lipinski definition) is 8. The second-order valence-electron chi connectivity index (χ2n) is 16.5. The minimum absolute atomic E-state index is 0.104. The fourth-order valence-electron chi connectivity index (χ4n) is 10.4. The topological polar surface area (TPSA) is 112 Å². The third-order valence-corrected chi connectivity index (χ3v) is 13.2. The van der Waals surface area contributed by atoms with Crippen LogP contribution in [0.5, 0.6) is 17.2 Å². The number of nitrogens with one attached hydrogen (secondary N) is 1. The zero-order valence-corrected chi connectivity index (χ0v) is 30.9. The second-order valence-corrected chi connectivity index (χ2v) is 16.5. The summed E-state index contributed by atoms with van der Waals surface area (Å²) in [4.78, 5) is 44.0. The molecular weight excluding hydrogens is 693 g/mol. The zero-order chi connectivity index (χ0) is 37.3. The first-order valence-electron chi connectivity index (χ1n) is 19.8. The van der Waals surface area contributed by atoms with E-state index in [-0.39, 0.29) is 36.8 Å². The molecule has 0 saturated carbocycles. The lowest BCUT2D eigenvalue weighted by molar-refractivity contribution is -0.136. The van der Waals surface area contributed by atoms with Crippen molar-refractivity contribution in [3.63, 3.8) is 0 Å². The molecule has 5 aliphatic heterocycles. The van der Waals surface area contributed by atoms with E-state index < -0.39 is 11.9 Å². The smallest absolute Gasteiger partial charge is 0.255 e. The number of ether oxygens (including phenoxy) is 2. The van der Waals surface area contributed by atoms with Gasteiger partial charge in [0, 0.05) is 61.9 Å². The number of hydrogen-bond donors (Lipinski definition) is 2. The van der Waals surface area contributed by atoms with Gasteiger partial charge in [-0.05, 0) is 102 Å². The van der Waals surface area contributed by atoms with Gasteiger partial charge in [-0.25, -0.2) is 0 Å².